The first kappa shape index (κ1) is 10.8. The van der Waals surface area contributed by atoms with Crippen molar-refractivity contribution in [3.63, 3.8) is 0 Å². The summed E-state index contributed by atoms with van der Waals surface area (Å²) < 4.78 is 0.429. The van der Waals surface area contributed by atoms with Gasteiger partial charge in [0.1, 0.15) is 0 Å². The van der Waals surface area contributed by atoms with Crippen molar-refractivity contribution in [2.45, 2.75) is 43.4 Å². The SMILES string of the molecule is CC1(C)CN(CC2(N)CCC2)CCS1. The summed E-state index contributed by atoms with van der Waals surface area (Å²) in [6.07, 6.45) is 3.80. The van der Waals surface area contributed by atoms with Crippen LogP contribution in [0.25, 0.3) is 0 Å². The highest BCUT2D eigenvalue weighted by Gasteiger charge is 2.36. The highest BCUT2D eigenvalue weighted by Crippen LogP contribution is 2.34. The predicted molar refractivity (Wildman–Crippen MR) is 63.7 cm³/mol. The molecule has 1 saturated carbocycles. The van der Waals surface area contributed by atoms with Gasteiger partial charge in [-0.2, -0.15) is 11.8 Å². The first-order valence-electron chi connectivity index (χ1n) is 5.64. The van der Waals surface area contributed by atoms with Crippen molar-refractivity contribution in [1.29, 1.82) is 0 Å². The van der Waals surface area contributed by atoms with E-state index in [1.54, 1.807) is 0 Å². The second-order valence-electron chi connectivity index (χ2n) is 5.53. The van der Waals surface area contributed by atoms with Gasteiger partial charge in [-0.15, -0.1) is 0 Å². The van der Waals surface area contributed by atoms with Gasteiger partial charge in [0.25, 0.3) is 0 Å². The molecule has 1 aliphatic heterocycles. The number of hydrogen-bond acceptors (Lipinski definition) is 3. The Hall–Kier alpha value is 0.270. The van der Waals surface area contributed by atoms with Crippen LogP contribution >= 0.6 is 11.8 Å². The van der Waals surface area contributed by atoms with E-state index in [0.29, 0.717) is 4.75 Å². The Morgan fingerprint density at radius 1 is 1.36 bits per heavy atom. The third kappa shape index (κ3) is 2.44. The molecular weight excluding hydrogens is 192 g/mol. The monoisotopic (exact) mass is 214 g/mol. The molecule has 1 aliphatic carbocycles. The summed E-state index contributed by atoms with van der Waals surface area (Å²) in [5, 5.41) is 0. The Kier molecular flexibility index (Phi) is 2.84. The Morgan fingerprint density at radius 3 is 2.57 bits per heavy atom. The van der Waals surface area contributed by atoms with E-state index in [2.05, 4.69) is 30.5 Å². The largest absolute Gasteiger partial charge is 0.324 e. The van der Waals surface area contributed by atoms with Crippen LogP contribution in [0, 0.1) is 0 Å². The average Bonchev–Trinajstić information content (AvgIpc) is 1.99. The smallest absolute Gasteiger partial charge is 0.0283 e. The topological polar surface area (TPSA) is 29.3 Å². The highest BCUT2D eigenvalue weighted by molar-refractivity contribution is 8.00. The van der Waals surface area contributed by atoms with Crippen LogP contribution in [0.5, 0.6) is 0 Å². The van der Waals surface area contributed by atoms with Crippen molar-refractivity contribution in [2.75, 3.05) is 25.4 Å². The van der Waals surface area contributed by atoms with Crippen LogP contribution in [0.2, 0.25) is 0 Å². The lowest BCUT2D eigenvalue weighted by Gasteiger charge is -2.45. The minimum Gasteiger partial charge on any atom is -0.324 e. The van der Waals surface area contributed by atoms with Crippen molar-refractivity contribution in [3.05, 3.63) is 0 Å². The van der Waals surface area contributed by atoms with Crippen LogP contribution in [0.3, 0.4) is 0 Å². The van der Waals surface area contributed by atoms with Gasteiger partial charge in [-0.1, -0.05) is 0 Å². The van der Waals surface area contributed by atoms with Gasteiger partial charge < -0.3 is 5.73 Å². The molecule has 1 saturated heterocycles. The fraction of sp³-hybridized carbons (Fsp3) is 1.00. The molecule has 2 fully saturated rings. The van der Waals surface area contributed by atoms with Crippen molar-refractivity contribution in [3.8, 4) is 0 Å². The summed E-state index contributed by atoms with van der Waals surface area (Å²) in [7, 11) is 0. The normalized spacial score (nSPS) is 31.1. The van der Waals surface area contributed by atoms with E-state index in [0.717, 1.165) is 6.54 Å². The fourth-order valence-electron chi connectivity index (χ4n) is 2.48. The van der Waals surface area contributed by atoms with Gasteiger partial charge in [0, 0.05) is 35.7 Å². The molecule has 0 radical (unpaired) electrons. The second-order valence-corrected chi connectivity index (χ2v) is 7.34. The van der Waals surface area contributed by atoms with E-state index in [-0.39, 0.29) is 5.54 Å². The summed E-state index contributed by atoms with van der Waals surface area (Å²) >= 11 is 2.09. The van der Waals surface area contributed by atoms with Gasteiger partial charge in [-0.05, 0) is 33.1 Å². The molecule has 1 heterocycles. The van der Waals surface area contributed by atoms with Crippen molar-refractivity contribution in [2.24, 2.45) is 5.73 Å². The lowest BCUT2D eigenvalue weighted by Crippen LogP contribution is -2.58. The summed E-state index contributed by atoms with van der Waals surface area (Å²) in [6, 6.07) is 0. The Balaban J connectivity index is 1.86. The zero-order chi connectivity index (χ0) is 10.2. The maximum Gasteiger partial charge on any atom is 0.0283 e. The van der Waals surface area contributed by atoms with Crippen LogP contribution in [0.4, 0.5) is 0 Å². The Morgan fingerprint density at radius 2 is 2.07 bits per heavy atom. The number of nitrogens with zero attached hydrogens (tertiary/aromatic N) is 1. The molecule has 2 N–H and O–H groups in total. The van der Waals surface area contributed by atoms with Crippen LogP contribution in [0.15, 0.2) is 0 Å². The van der Waals surface area contributed by atoms with Gasteiger partial charge in [-0.3, -0.25) is 4.90 Å². The lowest BCUT2D eigenvalue weighted by atomic mass is 9.77. The molecule has 0 atom stereocenters. The van der Waals surface area contributed by atoms with Gasteiger partial charge in [0.05, 0.1) is 0 Å². The van der Waals surface area contributed by atoms with Gasteiger partial charge in [0.15, 0.2) is 0 Å². The minimum absolute atomic E-state index is 0.165. The van der Waals surface area contributed by atoms with E-state index < -0.39 is 0 Å². The lowest BCUT2D eigenvalue weighted by molar-refractivity contribution is 0.140. The maximum atomic E-state index is 6.27. The van der Waals surface area contributed by atoms with Crippen LogP contribution in [0.1, 0.15) is 33.1 Å². The zero-order valence-electron chi connectivity index (χ0n) is 9.38. The molecule has 0 unspecified atom stereocenters. The van der Waals surface area contributed by atoms with E-state index in [9.17, 15) is 0 Å². The quantitative estimate of drug-likeness (QED) is 0.758. The standard InChI is InChI=1S/C11H22N2S/c1-10(2)8-13(6-7-14-10)9-11(12)4-3-5-11/h3-9,12H2,1-2H3. The molecule has 82 valence electrons. The molecule has 14 heavy (non-hydrogen) atoms. The predicted octanol–water partition coefficient (Wildman–Crippen LogP) is 1.70. The molecule has 2 aliphatic rings. The maximum absolute atomic E-state index is 6.27. The molecule has 0 aromatic rings. The molecule has 2 rings (SSSR count). The number of rotatable bonds is 2. The van der Waals surface area contributed by atoms with E-state index in [1.807, 2.05) is 0 Å². The molecule has 0 bridgehead atoms. The van der Waals surface area contributed by atoms with Crippen molar-refractivity contribution in [1.82, 2.24) is 4.90 Å². The molecule has 2 nitrogen and oxygen atoms in total. The van der Waals surface area contributed by atoms with Crippen molar-refractivity contribution >= 4 is 11.8 Å². The first-order chi connectivity index (χ1) is 6.49. The first-order valence-corrected chi connectivity index (χ1v) is 6.63. The number of hydrogen-bond donors (Lipinski definition) is 1. The van der Waals surface area contributed by atoms with E-state index >= 15 is 0 Å². The molecule has 0 aromatic heterocycles. The highest BCUT2D eigenvalue weighted by atomic mass is 32.2. The fourth-order valence-corrected chi connectivity index (χ4v) is 3.66. The molecule has 0 aromatic carbocycles. The molecule has 0 spiro atoms. The van der Waals surface area contributed by atoms with Crippen LogP contribution < -0.4 is 5.73 Å². The molecular formula is C11H22N2S. The Bertz CT molecular complexity index is 211. The number of thioether (sulfide) groups is 1. The van der Waals surface area contributed by atoms with Crippen molar-refractivity contribution < 1.29 is 0 Å². The van der Waals surface area contributed by atoms with Gasteiger partial charge in [-0.25, -0.2) is 0 Å². The molecule has 0 amide bonds. The van der Waals surface area contributed by atoms with Crippen LogP contribution in [-0.2, 0) is 0 Å². The summed E-state index contributed by atoms with van der Waals surface area (Å²) in [5.74, 6) is 1.27. The zero-order valence-corrected chi connectivity index (χ0v) is 10.2. The third-order valence-corrected chi connectivity index (χ3v) is 4.69. The van der Waals surface area contributed by atoms with Gasteiger partial charge >= 0.3 is 0 Å². The number of nitrogens with two attached hydrogens (primary N) is 1. The minimum atomic E-state index is 0.165. The summed E-state index contributed by atoms with van der Waals surface area (Å²) in [6.45, 7) is 8.24. The molecule has 3 heteroatoms. The second kappa shape index (κ2) is 3.69. The Labute approximate surface area is 91.6 Å². The summed E-state index contributed by atoms with van der Waals surface area (Å²) in [4.78, 5) is 2.57. The van der Waals surface area contributed by atoms with E-state index in [4.69, 9.17) is 5.73 Å². The van der Waals surface area contributed by atoms with E-state index in [1.165, 1.54) is 38.1 Å². The van der Waals surface area contributed by atoms with Gasteiger partial charge in [0.2, 0.25) is 0 Å². The third-order valence-electron chi connectivity index (χ3n) is 3.39. The summed E-state index contributed by atoms with van der Waals surface area (Å²) in [5.41, 5.74) is 6.44. The average molecular weight is 214 g/mol. The van der Waals surface area contributed by atoms with Crippen LogP contribution in [-0.4, -0.2) is 40.6 Å².